The maximum absolute atomic E-state index is 12.4. The second kappa shape index (κ2) is 7.00. The molecule has 2 aromatic rings. The highest BCUT2D eigenvalue weighted by molar-refractivity contribution is 7.16. The first-order valence-electron chi connectivity index (χ1n) is 7.61. The second-order valence-corrected chi connectivity index (χ2v) is 6.62. The van der Waals surface area contributed by atoms with E-state index < -0.39 is 22.5 Å². The molecule has 10 heteroatoms. The van der Waals surface area contributed by atoms with Crippen LogP contribution in [0.5, 0.6) is 0 Å². The molecule has 134 valence electrons. The van der Waals surface area contributed by atoms with Gasteiger partial charge in [-0.25, -0.2) is 9.78 Å². The fourth-order valence-electron chi connectivity index (χ4n) is 2.57. The Labute approximate surface area is 151 Å². The van der Waals surface area contributed by atoms with Gasteiger partial charge in [0.1, 0.15) is 5.69 Å². The molecule has 1 amide bonds. The maximum Gasteiger partial charge on any atom is 0.338 e. The quantitative estimate of drug-likeness (QED) is 0.494. The van der Waals surface area contributed by atoms with Gasteiger partial charge in [-0.1, -0.05) is 0 Å². The van der Waals surface area contributed by atoms with Crippen LogP contribution in [0.2, 0.25) is 0 Å². The average Bonchev–Trinajstić information content (AvgIpc) is 3.04. The summed E-state index contributed by atoms with van der Waals surface area (Å²) in [5.41, 5.74) is -0.239. The summed E-state index contributed by atoms with van der Waals surface area (Å²) in [6.07, 6.45) is 1.89. The van der Waals surface area contributed by atoms with Crippen molar-refractivity contribution in [1.29, 1.82) is 0 Å². The van der Waals surface area contributed by atoms with E-state index in [2.05, 4.69) is 15.0 Å². The zero-order chi connectivity index (χ0) is 18.8. The molecule has 26 heavy (non-hydrogen) atoms. The summed E-state index contributed by atoms with van der Waals surface area (Å²) >= 11 is 1.20. The van der Waals surface area contributed by atoms with Crippen LogP contribution in [0, 0.1) is 10.1 Å². The minimum Gasteiger partial charge on any atom is -0.465 e. The van der Waals surface area contributed by atoms with E-state index in [1.54, 1.807) is 0 Å². The molecule has 1 aromatic heterocycles. The molecule has 0 spiro atoms. The molecule has 1 aliphatic rings. The Morgan fingerprint density at radius 3 is 2.65 bits per heavy atom. The Morgan fingerprint density at radius 1 is 1.27 bits per heavy atom. The number of esters is 1. The largest absolute Gasteiger partial charge is 0.465 e. The lowest BCUT2D eigenvalue weighted by Gasteiger charge is -2.05. The lowest BCUT2D eigenvalue weighted by Crippen LogP contribution is -2.14. The van der Waals surface area contributed by atoms with Gasteiger partial charge in [0.15, 0.2) is 10.9 Å². The molecule has 0 saturated carbocycles. The van der Waals surface area contributed by atoms with Crippen LogP contribution in [-0.2, 0) is 11.2 Å². The minimum absolute atomic E-state index is 0.0636. The van der Waals surface area contributed by atoms with Crippen LogP contribution in [0.15, 0.2) is 18.2 Å². The lowest BCUT2D eigenvalue weighted by atomic mass is 10.0. The number of carbonyl (C=O) groups excluding carboxylic acids is 3. The molecular weight excluding hydrogens is 362 g/mol. The Morgan fingerprint density at radius 2 is 2.00 bits per heavy atom. The van der Waals surface area contributed by atoms with Gasteiger partial charge in [0, 0.05) is 29.0 Å². The number of nitro groups is 1. The molecule has 1 N–H and O–H groups in total. The van der Waals surface area contributed by atoms with Gasteiger partial charge < -0.3 is 4.74 Å². The summed E-state index contributed by atoms with van der Waals surface area (Å²) in [7, 11) is 1.14. The third-order valence-electron chi connectivity index (χ3n) is 3.80. The lowest BCUT2D eigenvalue weighted by molar-refractivity contribution is -0.384. The van der Waals surface area contributed by atoms with E-state index in [0.29, 0.717) is 12.1 Å². The number of Topliss-reactive ketones (excluding diaryl/α,β-unsaturated/α-hetero) is 1. The molecule has 0 fully saturated rings. The summed E-state index contributed by atoms with van der Waals surface area (Å²) < 4.78 is 4.55. The number of rotatable bonds is 4. The van der Waals surface area contributed by atoms with Gasteiger partial charge in [-0.05, 0) is 18.9 Å². The third-order valence-corrected chi connectivity index (χ3v) is 4.83. The van der Waals surface area contributed by atoms with Crippen molar-refractivity contribution in [2.45, 2.75) is 19.3 Å². The molecule has 3 rings (SSSR count). The van der Waals surface area contributed by atoms with Crippen LogP contribution in [0.4, 0.5) is 10.8 Å². The molecule has 1 aromatic carbocycles. The molecule has 0 saturated heterocycles. The molecule has 9 nitrogen and oxygen atoms in total. The number of fused-ring (bicyclic) bond motifs is 1. The summed E-state index contributed by atoms with van der Waals surface area (Å²) in [5, 5.41) is 13.8. The number of nitrogens with zero attached hydrogens (tertiary/aromatic N) is 2. The van der Waals surface area contributed by atoms with Crippen molar-refractivity contribution in [2.24, 2.45) is 0 Å². The Balaban J connectivity index is 1.90. The predicted octanol–water partition coefficient (Wildman–Crippen LogP) is 2.61. The summed E-state index contributed by atoms with van der Waals surface area (Å²) in [5.74, 6) is -1.53. The van der Waals surface area contributed by atoms with Gasteiger partial charge in [0.05, 0.1) is 17.6 Å². The van der Waals surface area contributed by atoms with Gasteiger partial charge in [-0.15, -0.1) is 11.3 Å². The van der Waals surface area contributed by atoms with Crippen LogP contribution in [0.1, 0.15) is 48.9 Å². The molecule has 0 aliphatic heterocycles. The Kier molecular flexibility index (Phi) is 4.76. The van der Waals surface area contributed by atoms with E-state index in [1.165, 1.54) is 17.4 Å². The number of methoxy groups -OCH3 is 1. The van der Waals surface area contributed by atoms with E-state index in [-0.39, 0.29) is 22.0 Å². The van der Waals surface area contributed by atoms with Crippen LogP contribution in [-0.4, -0.2) is 34.7 Å². The number of hydrogen-bond acceptors (Lipinski definition) is 8. The number of carbonyl (C=O) groups is 3. The molecule has 1 heterocycles. The van der Waals surface area contributed by atoms with E-state index in [9.17, 15) is 24.5 Å². The zero-order valence-corrected chi connectivity index (χ0v) is 14.4. The van der Waals surface area contributed by atoms with Crippen molar-refractivity contribution in [1.82, 2.24) is 4.98 Å². The standard InChI is InChI=1S/C16H13N3O6S/c1-25-15(22)9-5-8(6-10(7-9)19(23)24)14(21)18-16-17-13-11(20)3-2-4-12(13)26-16/h5-7H,2-4H2,1H3,(H,17,18,21). The SMILES string of the molecule is COC(=O)c1cc(C(=O)Nc2nc3c(s2)CCCC3=O)cc([N+](=O)[O-])c1. The Bertz CT molecular complexity index is 936. The highest BCUT2D eigenvalue weighted by atomic mass is 32.1. The normalized spacial score (nSPS) is 13.0. The van der Waals surface area contributed by atoms with Crippen molar-refractivity contribution >= 4 is 39.8 Å². The van der Waals surface area contributed by atoms with Gasteiger partial charge in [0.25, 0.3) is 11.6 Å². The number of thiazole rings is 1. The predicted molar refractivity (Wildman–Crippen MR) is 91.8 cm³/mol. The number of anilines is 1. The topological polar surface area (TPSA) is 129 Å². The number of ether oxygens (including phenoxy) is 1. The molecular formula is C16H13N3O6S. The van der Waals surface area contributed by atoms with Gasteiger partial charge in [-0.2, -0.15) is 0 Å². The number of nitrogens with one attached hydrogen (secondary N) is 1. The van der Waals surface area contributed by atoms with Crippen molar-refractivity contribution in [3.8, 4) is 0 Å². The van der Waals surface area contributed by atoms with Crippen LogP contribution >= 0.6 is 11.3 Å². The average molecular weight is 375 g/mol. The Hall–Kier alpha value is -3.14. The first-order valence-corrected chi connectivity index (χ1v) is 8.42. The minimum atomic E-state index is -0.793. The number of nitro benzene ring substituents is 1. The van der Waals surface area contributed by atoms with Crippen LogP contribution < -0.4 is 5.32 Å². The van der Waals surface area contributed by atoms with E-state index in [0.717, 1.165) is 37.0 Å². The number of amides is 1. The number of non-ortho nitro benzene ring substituents is 1. The number of aryl methyl sites for hydroxylation is 1. The highest BCUT2D eigenvalue weighted by Gasteiger charge is 2.24. The van der Waals surface area contributed by atoms with E-state index in [1.807, 2.05) is 0 Å². The van der Waals surface area contributed by atoms with Crippen LogP contribution in [0.25, 0.3) is 0 Å². The van der Waals surface area contributed by atoms with Crippen molar-refractivity contribution in [3.63, 3.8) is 0 Å². The van der Waals surface area contributed by atoms with Gasteiger partial charge in [-0.3, -0.25) is 25.0 Å². The fraction of sp³-hybridized carbons (Fsp3) is 0.250. The molecule has 1 aliphatic carbocycles. The molecule has 0 radical (unpaired) electrons. The summed E-state index contributed by atoms with van der Waals surface area (Å²) in [6.45, 7) is 0. The monoisotopic (exact) mass is 375 g/mol. The van der Waals surface area contributed by atoms with Gasteiger partial charge >= 0.3 is 5.97 Å². The van der Waals surface area contributed by atoms with Crippen molar-refractivity contribution in [2.75, 3.05) is 12.4 Å². The first kappa shape index (κ1) is 17.7. The van der Waals surface area contributed by atoms with E-state index >= 15 is 0 Å². The maximum atomic E-state index is 12.4. The summed E-state index contributed by atoms with van der Waals surface area (Å²) in [4.78, 5) is 51.2. The van der Waals surface area contributed by atoms with E-state index in [4.69, 9.17) is 0 Å². The first-order chi connectivity index (χ1) is 12.4. The second-order valence-electron chi connectivity index (χ2n) is 5.54. The molecule has 0 bridgehead atoms. The van der Waals surface area contributed by atoms with Gasteiger partial charge in [0.2, 0.25) is 0 Å². The smallest absolute Gasteiger partial charge is 0.338 e. The number of hydrogen-bond donors (Lipinski definition) is 1. The highest BCUT2D eigenvalue weighted by Crippen LogP contribution is 2.30. The molecule has 0 unspecified atom stereocenters. The number of benzene rings is 1. The molecule has 0 atom stereocenters. The number of ketones is 1. The van der Waals surface area contributed by atoms with Crippen LogP contribution in [0.3, 0.4) is 0 Å². The van der Waals surface area contributed by atoms with Crippen molar-refractivity contribution < 1.29 is 24.0 Å². The zero-order valence-electron chi connectivity index (χ0n) is 13.6. The fourth-order valence-corrected chi connectivity index (χ4v) is 3.59. The number of aromatic nitrogens is 1. The van der Waals surface area contributed by atoms with Crippen molar-refractivity contribution in [3.05, 3.63) is 50.0 Å². The summed E-state index contributed by atoms with van der Waals surface area (Å²) in [6, 6.07) is 3.29. The third kappa shape index (κ3) is 3.45.